The zero-order valence-corrected chi connectivity index (χ0v) is 18.6. The molecule has 2 amide bonds. The van der Waals surface area contributed by atoms with Gasteiger partial charge in [-0.25, -0.2) is 0 Å². The summed E-state index contributed by atoms with van der Waals surface area (Å²) in [5.41, 5.74) is 1.30. The lowest BCUT2D eigenvalue weighted by Crippen LogP contribution is -2.50. The summed E-state index contributed by atoms with van der Waals surface area (Å²) in [6, 6.07) is 12.6. The van der Waals surface area contributed by atoms with Crippen LogP contribution in [-0.4, -0.2) is 74.1 Å². The van der Waals surface area contributed by atoms with Crippen LogP contribution in [0.2, 0.25) is 5.02 Å². The summed E-state index contributed by atoms with van der Waals surface area (Å²) in [5, 5.41) is 6.29. The van der Waals surface area contributed by atoms with Gasteiger partial charge in [-0.2, -0.15) is 0 Å². The van der Waals surface area contributed by atoms with E-state index in [1.165, 1.54) is 0 Å². The lowest BCUT2D eigenvalue weighted by molar-refractivity contribution is -0.120. The second-order valence-corrected chi connectivity index (χ2v) is 8.25. The van der Waals surface area contributed by atoms with E-state index in [0.717, 1.165) is 6.42 Å². The molecule has 0 radical (unpaired) electrons. The highest BCUT2D eigenvalue weighted by Gasteiger charge is 2.21. The van der Waals surface area contributed by atoms with E-state index in [1.54, 1.807) is 18.2 Å². The number of carbonyl (C=O) groups is 2. The number of benzene rings is 2. The van der Waals surface area contributed by atoms with E-state index in [2.05, 4.69) is 20.4 Å². The number of halogens is 1. The second kappa shape index (κ2) is 10.7. The molecule has 2 N–H and O–H groups in total. The van der Waals surface area contributed by atoms with E-state index in [9.17, 15) is 9.59 Å². The Morgan fingerprint density at radius 2 is 1.47 bits per heavy atom. The quantitative estimate of drug-likeness (QED) is 0.692. The number of ether oxygens (including phenoxy) is 2. The van der Waals surface area contributed by atoms with Crippen LogP contribution < -0.4 is 20.1 Å². The summed E-state index contributed by atoms with van der Waals surface area (Å²) < 4.78 is 11.3. The summed E-state index contributed by atoms with van der Waals surface area (Å²) in [5.74, 6) is 1.18. The van der Waals surface area contributed by atoms with Crippen LogP contribution in [0.4, 0.5) is 11.4 Å². The van der Waals surface area contributed by atoms with E-state index in [4.69, 9.17) is 21.1 Å². The van der Waals surface area contributed by atoms with Gasteiger partial charge in [0.15, 0.2) is 11.5 Å². The molecular weight excluding hydrogens is 432 g/mol. The Bertz CT molecular complexity index is 963. The van der Waals surface area contributed by atoms with Gasteiger partial charge in [0.05, 0.1) is 37.0 Å². The molecule has 1 fully saturated rings. The summed E-state index contributed by atoms with van der Waals surface area (Å²) in [7, 11) is 0. The van der Waals surface area contributed by atoms with Crippen molar-refractivity contribution in [2.24, 2.45) is 0 Å². The molecule has 0 atom stereocenters. The zero-order valence-electron chi connectivity index (χ0n) is 17.8. The molecule has 0 aromatic heterocycles. The molecule has 2 aliphatic rings. The molecule has 170 valence electrons. The average Bonchev–Trinajstić information content (AvgIpc) is 3.02. The van der Waals surface area contributed by atoms with Gasteiger partial charge in [0.25, 0.3) is 0 Å². The molecule has 0 bridgehead atoms. The molecular formula is C23H27ClN4O4. The van der Waals surface area contributed by atoms with Gasteiger partial charge in [-0.1, -0.05) is 23.7 Å². The van der Waals surface area contributed by atoms with Gasteiger partial charge in [-0.3, -0.25) is 19.4 Å². The predicted molar refractivity (Wildman–Crippen MR) is 124 cm³/mol. The summed E-state index contributed by atoms with van der Waals surface area (Å²) in [6.45, 7) is 4.69. The lowest BCUT2D eigenvalue weighted by atomic mass is 10.2. The standard InChI is InChI=1S/C23H27ClN4O4/c24-18-4-1-2-5-19(18)26-23(30)16-28-10-8-27(9-11-28)15-22(29)25-17-6-7-20-21(14-17)32-13-3-12-31-20/h1-2,4-7,14H,3,8-13,15-16H2,(H,25,29)(H,26,30). The minimum atomic E-state index is -0.0984. The first-order valence-electron chi connectivity index (χ1n) is 10.8. The number of piperazine rings is 1. The van der Waals surface area contributed by atoms with Crippen molar-refractivity contribution < 1.29 is 19.1 Å². The van der Waals surface area contributed by atoms with Gasteiger partial charge in [0, 0.05) is 44.4 Å². The van der Waals surface area contributed by atoms with Gasteiger partial charge < -0.3 is 20.1 Å². The molecule has 9 heteroatoms. The largest absolute Gasteiger partial charge is 0.490 e. The molecule has 0 aliphatic carbocycles. The van der Waals surface area contributed by atoms with Crippen LogP contribution in [0.15, 0.2) is 42.5 Å². The van der Waals surface area contributed by atoms with Crippen molar-refractivity contribution >= 4 is 34.8 Å². The molecule has 0 spiro atoms. The number of fused-ring (bicyclic) bond motifs is 1. The molecule has 2 aromatic carbocycles. The van der Waals surface area contributed by atoms with E-state index in [0.29, 0.717) is 80.4 Å². The maximum atomic E-state index is 12.5. The van der Waals surface area contributed by atoms with E-state index >= 15 is 0 Å². The number of hydrogen-bond acceptors (Lipinski definition) is 6. The first-order chi connectivity index (χ1) is 15.6. The summed E-state index contributed by atoms with van der Waals surface area (Å²) in [6.07, 6.45) is 0.837. The van der Waals surface area contributed by atoms with Crippen LogP contribution in [-0.2, 0) is 9.59 Å². The van der Waals surface area contributed by atoms with Crippen molar-refractivity contribution in [2.45, 2.75) is 6.42 Å². The molecule has 8 nitrogen and oxygen atoms in total. The number of nitrogens with zero attached hydrogens (tertiary/aromatic N) is 2. The molecule has 32 heavy (non-hydrogen) atoms. The number of rotatable bonds is 6. The monoisotopic (exact) mass is 458 g/mol. The van der Waals surface area contributed by atoms with E-state index < -0.39 is 0 Å². The van der Waals surface area contributed by atoms with Crippen LogP contribution >= 0.6 is 11.6 Å². The smallest absolute Gasteiger partial charge is 0.238 e. The lowest BCUT2D eigenvalue weighted by Gasteiger charge is -2.33. The van der Waals surface area contributed by atoms with Crippen LogP contribution in [0.25, 0.3) is 0 Å². The average molecular weight is 459 g/mol. The third-order valence-electron chi connectivity index (χ3n) is 5.38. The number of amides is 2. The fraction of sp³-hybridized carbons (Fsp3) is 0.391. The molecule has 1 saturated heterocycles. The van der Waals surface area contributed by atoms with Gasteiger partial charge in [-0.15, -0.1) is 0 Å². The molecule has 2 aliphatic heterocycles. The topological polar surface area (TPSA) is 83.1 Å². The van der Waals surface area contributed by atoms with Crippen molar-refractivity contribution in [3.05, 3.63) is 47.5 Å². The van der Waals surface area contributed by atoms with Crippen molar-refractivity contribution in [2.75, 3.05) is 63.1 Å². The van der Waals surface area contributed by atoms with Crippen molar-refractivity contribution in [3.63, 3.8) is 0 Å². The molecule has 4 rings (SSSR count). The summed E-state index contributed by atoms with van der Waals surface area (Å²) in [4.78, 5) is 29.0. The fourth-order valence-corrected chi connectivity index (χ4v) is 3.89. The Hall–Kier alpha value is -2.81. The van der Waals surface area contributed by atoms with Gasteiger partial charge >= 0.3 is 0 Å². The number of hydrogen-bond donors (Lipinski definition) is 2. The number of carbonyl (C=O) groups excluding carboxylic acids is 2. The first-order valence-corrected chi connectivity index (χ1v) is 11.1. The maximum absolute atomic E-state index is 12.5. The Balaban J connectivity index is 1.20. The third kappa shape index (κ3) is 6.12. The first kappa shape index (κ1) is 22.4. The summed E-state index contributed by atoms with van der Waals surface area (Å²) >= 11 is 6.09. The predicted octanol–water partition coefficient (Wildman–Crippen LogP) is 2.70. The molecule has 0 saturated carbocycles. The van der Waals surface area contributed by atoms with Crippen molar-refractivity contribution in [1.29, 1.82) is 0 Å². The maximum Gasteiger partial charge on any atom is 0.238 e. The Morgan fingerprint density at radius 3 is 2.16 bits per heavy atom. The molecule has 2 aromatic rings. The third-order valence-corrected chi connectivity index (χ3v) is 5.71. The van der Waals surface area contributed by atoms with E-state index in [1.807, 2.05) is 24.3 Å². The number of nitrogens with one attached hydrogen (secondary N) is 2. The van der Waals surface area contributed by atoms with Gasteiger partial charge in [-0.05, 0) is 24.3 Å². The highest BCUT2D eigenvalue weighted by molar-refractivity contribution is 6.33. The van der Waals surface area contributed by atoms with Crippen molar-refractivity contribution in [1.82, 2.24) is 9.80 Å². The van der Waals surface area contributed by atoms with Crippen molar-refractivity contribution in [3.8, 4) is 11.5 Å². The zero-order chi connectivity index (χ0) is 22.3. The Kier molecular flexibility index (Phi) is 7.47. The second-order valence-electron chi connectivity index (χ2n) is 7.84. The Labute approximate surface area is 192 Å². The minimum Gasteiger partial charge on any atom is -0.490 e. The molecule has 0 unspecified atom stereocenters. The molecule has 2 heterocycles. The SMILES string of the molecule is O=C(CN1CCN(CC(=O)Nc2ccccc2Cl)CC1)Nc1ccc2c(c1)OCCCO2. The minimum absolute atomic E-state index is 0.0793. The highest BCUT2D eigenvalue weighted by atomic mass is 35.5. The van der Waals surface area contributed by atoms with Gasteiger partial charge in [0.2, 0.25) is 11.8 Å². The number of anilines is 2. The normalized spacial score (nSPS) is 16.8. The number of para-hydroxylation sites is 1. The van der Waals surface area contributed by atoms with Crippen LogP contribution in [0.3, 0.4) is 0 Å². The van der Waals surface area contributed by atoms with Crippen LogP contribution in [0.5, 0.6) is 11.5 Å². The van der Waals surface area contributed by atoms with Crippen LogP contribution in [0, 0.1) is 0 Å². The fourth-order valence-electron chi connectivity index (χ4n) is 3.71. The van der Waals surface area contributed by atoms with E-state index in [-0.39, 0.29) is 11.8 Å². The van der Waals surface area contributed by atoms with Crippen LogP contribution in [0.1, 0.15) is 6.42 Å². The Morgan fingerprint density at radius 1 is 0.844 bits per heavy atom. The highest BCUT2D eigenvalue weighted by Crippen LogP contribution is 2.32. The van der Waals surface area contributed by atoms with Gasteiger partial charge in [0.1, 0.15) is 0 Å².